The molecule has 2 rings (SSSR count). The Morgan fingerprint density at radius 2 is 1.86 bits per heavy atom. The largest absolute Gasteiger partial charge is 0.444 e. The highest BCUT2D eigenvalue weighted by Gasteiger charge is 2.33. The normalized spacial score (nSPS) is 18.2. The van der Waals surface area contributed by atoms with Gasteiger partial charge in [0.2, 0.25) is 5.91 Å². The van der Waals surface area contributed by atoms with Crippen LogP contribution in [0.15, 0.2) is 24.3 Å². The standard InChI is InChI=1S/C17H24N2O3/c1-12-5-7-14(8-6-12)18-15(20)13-9-10-19(11-13)16(21)22-17(2,3)4/h5-8,13H,9-11H2,1-4H3,(H,18,20). The second-order valence-corrected chi connectivity index (χ2v) is 6.77. The van der Waals surface area contributed by atoms with Crippen molar-refractivity contribution in [2.24, 2.45) is 5.92 Å². The maximum absolute atomic E-state index is 12.3. The first-order chi connectivity index (χ1) is 10.2. The molecule has 0 saturated carbocycles. The van der Waals surface area contributed by atoms with Crippen LogP contribution >= 0.6 is 0 Å². The number of amides is 2. The summed E-state index contributed by atoms with van der Waals surface area (Å²) in [5.74, 6) is -0.233. The lowest BCUT2D eigenvalue weighted by atomic mass is 10.1. The van der Waals surface area contributed by atoms with Crippen LogP contribution in [0.2, 0.25) is 0 Å². The summed E-state index contributed by atoms with van der Waals surface area (Å²) in [6.45, 7) is 8.47. The number of ether oxygens (including phenoxy) is 1. The minimum absolute atomic E-state index is 0.0464. The van der Waals surface area contributed by atoms with Crippen LogP contribution < -0.4 is 5.32 Å². The van der Waals surface area contributed by atoms with Gasteiger partial charge < -0.3 is 15.0 Å². The van der Waals surface area contributed by atoms with E-state index in [4.69, 9.17) is 4.74 Å². The fraction of sp³-hybridized carbons (Fsp3) is 0.529. The Labute approximate surface area is 131 Å². The molecule has 1 aliphatic heterocycles. The highest BCUT2D eigenvalue weighted by atomic mass is 16.6. The van der Waals surface area contributed by atoms with E-state index in [9.17, 15) is 9.59 Å². The number of likely N-dealkylation sites (tertiary alicyclic amines) is 1. The lowest BCUT2D eigenvalue weighted by Gasteiger charge is -2.24. The summed E-state index contributed by atoms with van der Waals surface area (Å²) < 4.78 is 5.34. The van der Waals surface area contributed by atoms with E-state index in [0.29, 0.717) is 19.5 Å². The van der Waals surface area contributed by atoms with Crippen LogP contribution in [0.5, 0.6) is 0 Å². The van der Waals surface area contributed by atoms with Crippen molar-refractivity contribution in [3.8, 4) is 0 Å². The summed E-state index contributed by atoms with van der Waals surface area (Å²) in [7, 11) is 0. The molecule has 5 nitrogen and oxygen atoms in total. The first-order valence-electron chi connectivity index (χ1n) is 7.60. The average Bonchev–Trinajstić information content (AvgIpc) is 2.89. The summed E-state index contributed by atoms with van der Waals surface area (Å²) in [4.78, 5) is 25.9. The predicted octanol–water partition coefficient (Wildman–Crippen LogP) is 3.19. The summed E-state index contributed by atoms with van der Waals surface area (Å²) in [5.41, 5.74) is 1.42. The molecule has 1 aromatic carbocycles. The number of rotatable bonds is 2. The minimum atomic E-state index is -0.515. The molecule has 120 valence electrons. The van der Waals surface area contributed by atoms with Crippen LogP contribution in [0.1, 0.15) is 32.8 Å². The van der Waals surface area contributed by atoms with Crippen molar-refractivity contribution >= 4 is 17.7 Å². The van der Waals surface area contributed by atoms with Crippen molar-refractivity contribution in [1.82, 2.24) is 4.90 Å². The van der Waals surface area contributed by atoms with Gasteiger partial charge >= 0.3 is 6.09 Å². The molecule has 1 unspecified atom stereocenters. The first kappa shape index (κ1) is 16.3. The maximum Gasteiger partial charge on any atom is 0.410 e. The number of hydrogen-bond donors (Lipinski definition) is 1. The van der Waals surface area contributed by atoms with Gasteiger partial charge in [0.1, 0.15) is 5.60 Å². The monoisotopic (exact) mass is 304 g/mol. The average molecular weight is 304 g/mol. The number of nitrogens with zero attached hydrogens (tertiary/aromatic N) is 1. The van der Waals surface area contributed by atoms with Crippen molar-refractivity contribution in [2.75, 3.05) is 18.4 Å². The zero-order valence-corrected chi connectivity index (χ0v) is 13.7. The zero-order valence-electron chi connectivity index (χ0n) is 13.7. The number of hydrogen-bond acceptors (Lipinski definition) is 3. The maximum atomic E-state index is 12.3. The van der Waals surface area contributed by atoms with E-state index in [1.807, 2.05) is 52.0 Å². The van der Waals surface area contributed by atoms with E-state index < -0.39 is 5.60 Å². The Kier molecular flexibility index (Phi) is 4.74. The molecular weight excluding hydrogens is 280 g/mol. The third-order valence-electron chi connectivity index (χ3n) is 3.53. The van der Waals surface area contributed by atoms with Gasteiger partial charge in [0, 0.05) is 18.8 Å². The molecule has 0 aliphatic carbocycles. The number of anilines is 1. The van der Waals surface area contributed by atoms with E-state index in [0.717, 1.165) is 11.3 Å². The number of benzene rings is 1. The molecule has 1 saturated heterocycles. The second-order valence-electron chi connectivity index (χ2n) is 6.77. The molecule has 1 heterocycles. The minimum Gasteiger partial charge on any atom is -0.444 e. The number of aryl methyl sites for hydroxylation is 1. The quantitative estimate of drug-likeness (QED) is 0.913. The molecule has 2 amide bonds. The number of carbonyl (C=O) groups excluding carboxylic acids is 2. The molecule has 1 aliphatic rings. The fourth-order valence-electron chi connectivity index (χ4n) is 2.35. The highest BCUT2D eigenvalue weighted by Crippen LogP contribution is 2.21. The molecule has 0 aromatic heterocycles. The summed E-state index contributed by atoms with van der Waals surface area (Å²) in [5, 5.41) is 2.90. The van der Waals surface area contributed by atoms with Crippen LogP contribution in [0.25, 0.3) is 0 Å². The molecule has 1 aromatic rings. The molecule has 22 heavy (non-hydrogen) atoms. The van der Waals surface area contributed by atoms with Gasteiger partial charge in [-0.05, 0) is 46.2 Å². The van der Waals surface area contributed by atoms with Crippen LogP contribution in [0.4, 0.5) is 10.5 Å². The van der Waals surface area contributed by atoms with Gasteiger partial charge in [0.05, 0.1) is 5.92 Å². The van der Waals surface area contributed by atoms with Crippen molar-refractivity contribution < 1.29 is 14.3 Å². The lowest BCUT2D eigenvalue weighted by molar-refractivity contribution is -0.119. The Hall–Kier alpha value is -2.04. The molecule has 1 atom stereocenters. The van der Waals surface area contributed by atoms with Crippen LogP contribution in [-0.4, -0.2) is 35.6 Å². The van der Waals surface area contributed by atoms with Crippen molar-refractivity contribution in [1.29, 1.82) is 0 Å². The molecule has 5 heteroatoms. The van der Waals surface area contributed by atoms with E-state index in [2.05, 4.69) is 5.32 Å². The van der Waals surface area contributed by atoms with E-state index in [1.54, 1.807) is 4.90 Å². The van der Waals surface area contributed by atoms with Gasteiger partial charge in [-0.15, -0.1) is 0 Å². The summed E-state index contributed by atoms with van der Waals surface area (Å²) in [6.07, 6.45) is 0.315. The zero-order chi connectivity index (χ0) is 16.3. The molecule has 1 N–H and O–H groups in total. The van der Waals surface area contributed by atoms with Crippen molar-refractivity contribution in [3.05, 3.63) is 29.8 Å². The van der Waals surface area contributed by atoms with Crippen LogP contribution in [0, 0.1) is 12.8 Å². The van der Waals surface area contributed by atoms with Crippen molar-refractivity contribution in [3.63, 3.8) is 0 Å². The lowest BCUT2D eigenvalue weighted by Crippen LogP contribution is -2.36. The third kappa shape index (κ3) is 4.48. The van der Waals surface area contributed by atoms with Gasteiger partial charge in [0.25, 0.3) is 0 Å². The van der Waals surface area contributed by atoms with Gasteiger partial charge in [-0.1, -0.05) is 17.7 Å². The first-order valence-corrected chi connectivity index (χ1v) is 7.60. The Balaban J connectivity index is 1.88. The number of nitrogens with one attached hydrogen (secondary N) is 1. The smallest absolute Gasteiger partial charge is 0.410 e. The topological polar surface area (TPSA) is 58.6 Å². The SMILES string of the molecule is Cc1ccc(NC(=O)C2CCN(C(=O)OC(C)(C)C)C2)cc1. The Morgan fingerprint density at radius 3 is 2.45 bits per heavy atom. The summed E-state index contributed by atoms with van der Waals surface area (Å²) in [6, 6.07) is 7.68. The van der Waals surface area contributed by atoms with Gasteiger partial charge in [-0.2, -0.15) is 0 Å². The second kappa shape index (κ2) is 6.38. The Bertz CT molecular complexity index is 546. The van der Waals surface area contributed by atoms with Crippen LogP contribution in [-0.2, 0) is 9.53 Å². The van der Waals surface area contributed by atoms with Crippen molar-refractivity contribution in [2.45, 2.75) is 39.7 Å². The third-order valence-corrected chi connectivity index (χ3v) is 3.53. The van der Waals surface area contributed by atoms with Gasteiger partial charge in [-0.25, -0.2) is 4.79 Å². The van der Waals surface area contributed by atoms with E-state index in [-0.39, 0.29) is 17.9 Å². The highest BCUT2D eigenvalue weighted by molar-refractivity contribution is 5.93. The van der Waals surface area contributed by atoms with Gasteiger partial charge in [-0.3, -0.25) is 4.79 Å². The molecule has 1 fully saturated rings. The van der Waals surface area contributed by atoms with E-state index in [1.165, 1.54) is 0 Å². The molecule has 0 spiro atoms. The number of carbonyl (C=O) groups is 2. The molecule has 0 radical (unpaired) electrons. The van der Waals surface area contributed by atoms with E-state index >= 15 is 0 Å². The summed E-state index contributed by atoms with van der Waals surface area (Å²) >= 11 is 0. The Morgan fingerprint density at radius 1 is 1.23 bits per heavy atom. The molecular formula is C17H24N2O3. The van der Waals surface area contributed by atoms with Crippen LogP contribution in [0.3, 0.4) is 0 Å². The fourth-order valence-corrected chi connectivity index (χ4v) is 2.35. The predicted molar refractivity (Wildman–Crippen MR) is 85.7 cm³/mol. The molecule has 0 bridgehead atoms. The van der Waals surface area contributed by atoms with Gasteiger partial charge in [0.15, 0.2) is 0 Å².